The molecule has 0 bridgehead atoms. The summed E-state index contributed by atoms with van der Waals surface area (Å²) in [6.07, 6.45) is 3.62. The Morgan fingerprint density at radius 2 is 1.82 bits per heavy atom. The van der Waals surface area contributed by atoms with Crippen LogP contribution in [-0.2, 0) is 9.59 Å². The van der Waals surface area contributed by atoms with E-state index in [0.717, 1.165) is 19.3 Å². The maximum Gasteiger partial charge on any atom is 0.241 e. The standard InChI is InChI=1S/C12H23N3O2/c1-14(2)12(17)8-15(3)11(16)7-9-5-4-6-10(9)13/h9-10H,4-8,13H2,1-3H3/t9-,10+/m0/s1. The fraction of sp³-hybridized carbons (Fsp3) is 0.833. The van der Waals surface area contributed by atoms with E-state index in [1.165, 1.54) is 9.80 Å². The van der Waals surface area contributed by atoms with Crippen LogP contribution in [0.1, 0.15) is 25.7 Å². The Labute approximate surface area is 103 Å². The highest BCUT2D eigenvalue weighted by molar-refractivity contribution is 5.84. The van der Waals surface area contributed by atoms with Gasteiger partial charge in [-0.3, -0.25) is 9.59 Å². The van der Waals surface area contributed by atoms with E-state index in [2.05, 4.69) is 0 Å². The lowest BCUT2D eigenvalue weighted by atomic mass is 9.99. The molecule has 0 saturated heterocycles. The maximum absolute atomic E-state index is 11.9. The molecule has 0 heterocycles. The lowest BCUT2D eigenvalue weighted by molar-refractivity contribution is -0.138. The van der Waals surface area contributed by atoms with Gasteiger partial charge in [0.05, 0.1) is 6.54 Å². The molecule has 1 fully saturated rings. The molecule has 0 radical (unpaired) electrons. The van der Waals surface area contributed by atoms with Crippen LogP contribution in [0.2, 0.25) is 0 Å². The Balaban J connectivity index is 2.39. The van der Waals surface area contributed by atoms with Crippen LogP contribution in [-0.4, -0.2) is 55.3 Å². The van der Waals surface area contributed by atoms with Gasteiger partial charge in [-0.15, -0.1) is 0 Å². The van der Waals surface area contributed by atoms with Crippen LogP contribution < -0.4 is 5.73 Å². The molecule has 0 spiro atoms. The highest BCUT2D eigenvalue weighted by Gasteiger charge is 2.27. The fourth-order valence-electron chi connectivity index (χ4n) is 2.13. The number of nitrogens with zero attached hydrogens (tertiary/aromatic N) is 2. The van der Waals surface area contributed by atoms with Gasteiger partial charge in [0.25, 0.3) is 0 Å². The summed E-state index contributed by atoms with van der Waals surface area (Å²) in [5.41, 5.74) is 5.93. The predicted molar refractivity (Wildman–Crippen MR) is 66.3 cm³/mol. The Morgan fingerprint density at radius 3 is 2.29 bits per heavy atom. The molecule has 0 aliphatic heterocycles. The quantitative estimate of drug-likeness (QED) is 0.756. The van der Waals surface area contributed by atoms with Crippen molar-refractivity contribution in [3.63, 3.8) is 0 Å². The molecule has 2 atom stereocenters. The zero-order chi connectivity index (χ0) is 13.0. The first kappa shape index (κ1) is 14.0. The third kappa shape index (κ3) is 4.00. The summed E-state index contributed by atoms with van der Waals surface area (Å²) >= 11 is 0. The van der Waals surface area contributed by atoms with E-state index in [9.17, 15) is 9.59 Å². The van der Waals surface area contributed by atoms with Gasteiger partial charge in [-0.2, -0.15) is 0 Å². The second kappa shape index (κ2) is 6.00. The molecular weight excluding hydrogens is 218 g/mol. The Morgan fingerprint density at radius 1 is 1.18 bits per heavy atom. The van der Waals surface area contributed by atoms with Gasteiger partial charge in [-0.05, 0) is 18.8 Å². The van der Waals surface area contributed by atoms with E-state index in [1.54, 1.807) is 21.1 Å². The molecule has 1 rings (SSSR count). The third-order valence-corrected chi connectivity index (χ3v) is 3.45. The molecule has 0 aromatic carbocycles. The first-order chi connectivity index (χ1) is 7.91. The molecule has 0 aromatic rings. The van der Waals surface area contributed by atoms with Crippen LogP contribution in [0.4, 0.5) is 0 Å². The van der Waals surface area contributed by atoms with Crippen molar-refractivity contribution in [2.45, 2.75) is 31.7 Å². The molecule has 1 aliphatic carbocycles. The number of amides is 2. The highest BCUT2D eigenvalue weighted by Crippen LogP contribution is 2.27. The van der Waals surface area contributed by atoms with Crippen molar-refractivity contribution in [3.8, 4) is 0 Å². The van der Waals surface area contributed by atoms with E-state index in [0.29, 0.717) is 12.3 Å². The number of nitrogens with two attached hydrogens (primary N) is 1. The van der Waals surface area contributed by atoms with Crippen LogP contribution in [0.25, 0.3) is 0 Å². The second-order valence-corrected chi connectivity index (χ2v) is 5.10. The summed E-state index contributed by atoms with van der Waals surface area (Å²) in [6, 6.07) is 0.150. The zero-order valence-electron chi connectivity index (χ0n) is 11.0. The van der Waals surface area contributed by atoms with Gasteiger partial charge < -0.3 is 15.5 Å². The fourth-order valence-corrected chi connectivity index (χ4v) is 2.13. The molecule has 5 heteroatoms. The van der Waals surface area contributed by atoms with Gasteiger partial charge in [0.15, 0.2) is 0 Å². The largest absolute Gasteiger partial charge is 0.347 e. The molecule has 1 saturated carbocycles. The van der Waals surface area contributed by atoms with Crippen LogP contribution in [0.5, 0.6) is 0 Å². The van der Waals surface area contributed by atoms with E-state index < -0.39 is 0 Å². The molecular formula is C12H23N3O2. The zero-order valence-corrected chi connectivity index (χ0v) is 11.0. The van der Waals surface area contributed by atoms with Crippen LogP contribution in [0.15, 0.2) is 0 Å². The van der Waals surface area contributed by atoms with Gasteiger partial charge in [0.1, 0.15) is 0 Å². The van der Waals surface area contributed by atoms with Crippen molar-refractivity contribution >= 4 is 11.8 Å². The minimum atomic E-state index is -0.0587. The van der Waals surface area contributed by atoms with Gasteiger partial charge in [-0.25, -0.2) is 0 Å². The summed E-state index contributed by atoms with van der Waals surface area (Å²) in [7, 11) is 5.05. The van der Waals surface area contributed by atoms with Gasteiger partial charge >= 0.3 is 0 Å². The summed E-state index contributed by atoms with van der Waals surface area (Å²) in [5, 5.41) is 0. The molecule has 1 aliphatic rings. The highest BCUT2D eigenvalue weighted by atomic mass is 16.2. The number of hydrogen-bond acceptors (Lipinski definition) is 3. The molecule has 17 heavy (non-hydrogen) atoms. The van der Waals surface area contributed by atoms with Crippen LogP contribution in [0.3, 0.4) is 0 Å². The SMILES string of the molecule is CN(C)C(=O)CN(C)C(=O)C[C@@H]1CCC[C@H]1N. The van der Waals surface area contributed by atoms with Crippen molar-refractivity contribution in [2.75, 3.05) is 27.7 Å². The summed E-state index contributed by atoms with van der Waals surface area (Å²) in [6.45, 7) is 0.147. The van der Waals surface area contributed by atoms with E-state index >= 15 is 0 Å². The number of likely N-dealkylation sites (N-methyl/N-ethyl adjacent to an activating group) is 2. The Hall–Kier alpha value is -1.10. The molecule has 5 nitrogen and oxygen atoms in total. The van der Waals surface area contributed by atoms with Crippen molar-refractivity contribution in [1.29, 1.82) is 0 Å². The molecule has 0 unspecified atom stereocenters. The summed E-state index contributed by atoms with van der Waals surface area (Å²) in [4.78, 5) is 26.4. The lowest BCUT2D eigenvalue weighted by Gasteiger charge is -2.22. The number of carbonyl (C=O) groups excluding carboxylic acids is 2. The topological polar surface area (TPSA) is 66.6 Å². The number of rotatable bonds is 4. The second-order valence-electron chi connectivity index (χ2n) is 5.10. The number of hydrogen-bond donors (Lipinski definition) is 1. The third-order valence-electron chi connectivity index (χ3n) is 3.45. The normalized spacial score (nSPS) is 23.5. The smallest absolute Gasteiger partial charge is 0.241 e. The maximum atomic E-state index is 11.9. The monoisotopic (exact) mass is 241 g/mol. The van der Waals surface area contributed by atoms with Gasteiger partial charge in [0, 0.05) is 33.6 Å². The van der Waals surface area contributed by atoms with Crippen LogP contribution in [0, 0.1) is 5.92 Å². The van der Waals surface area contributed by atoms with Crippen LogP contribution >= 0.6 is 0 Å². The molecule has 98 valence electrons. The molecule has 0 aromatic heterocycles. The summed E-state index contributed by atoms with van der Waals surface area (Å²) in [5.74, 6) is 0.249. The van der Waals surface area contributed by atoms with Crippen molar-refractivity contribution in [1.82, 2.24) is 9.80 Å². The Bertz CT molecular complexity index is 291. The van der Waals surface area contributed by atoms with Crippen molar-refractivity contribution < 1.29 is 9.59 Å². The Kier molecular flexibility index (Phi) is 4.93. The molecule has 2 N–H and O–H groups in total. The lowest BCUT2D eigenvalue weighted by Crippen LogP contribution is -2.39. The first-order valence-corrected chi connectivity index (χ1v) is 6.11. The molecule has 2 amide bonds. The average molecular weight is 241 g/mol. The van der Waals surface area contributed by atoms with E-state index in [1.807, 2.05) is 0 Å². The van der Waals surface area contributed by atoms with Crippen molar-refractivity contribution in [2.24, 2.45) is 11.7 Å². The van der Waals surface area contributed by atoms with Gasteiger partial charge in [0.2, 0.25) is 11.8 Å². The predicted octanol–water partition coefficient (Wildman–Crippen LogP) is 0.0505. The first-order valence-electron chi connectivity index (χ1n) is 6.11. The average Bonchev–Trinajstić information content (AvgIpc) is 2.64. The summed E-state index contributed by atoms with van der Waals surface area (Å²) < 4.78 is 0. The van der Waals surface area contributed by atoms with Gasteiger partial charge in [-0.1, -0.05) is 6.42 Å². The van der Waals surface area contributed by atoms with E-state index in [4.69, 9.17) is 5.73 Å². The van der Waals surface area contributed by atoms with E-state index in [-0.39, 0.29) is 24.4 Å². The van der Waals surface area contributed by atoms with Crippen molar-refractivity contribution in [3.05, 3.63) is 0 Å². The minimum absolute atomic E-state index is 0.0163. The minimum Gasteiger partial charge on any atom is -0.347 e. The number of carbonyl (C=O) groups is 2.